The number of methoxy groups -OCH3 is 2. The molecule has 0 unspecified atom stereocenters. The number of ether oxygens (including phenoxy) is 2. The fourth-order valence-electron chi connectivity index (χ4n) is 2.48. The first-order chi connectivity index (χ1) is 11.9. The van der Waals surface area contributed by atoms with Crippen molar-refractivity contribution in [2.24, 2.45) is 0 Å². The molecule has 0 saturated carbocycles. The van der Waals surface area contributed by atoms with Crippen molar-refractivity contribution in [3.8, 4) is 11.5 Å². The first-order valence-electron chi connectivity index (χ1n) is 7.78. The van der Waals surface area contributed by atoms with E-state index >= 15 is 0 Å². The molecule has 6 nitrogen and oxygen atoms in total. The van der Waals surface area contributed by atoms with E-state index in [9.17, 15) is 9.59 Å². The molecule has 0 radical (unpaired) electrons. The van der Waals surface area contributed by atoms with Crippen LogP contribution in [0.1, 0.15) is 22.8 Å². The summed E-state index contributed by atoms with van der Waals surface area (Å²) in [4.78, 5) is 25.4. The number of anilines is 1. The highest BCUT2D eigenvalue weighted by atomic mass is 16.5. The number of hydrogen-bond donors (Lipinski definition) is 1. The maximum atomic E-state index is 12.6. The Bertz CT molecular complexity index is 774. The average molecular weight is 342 g/mol. The summed E-state index contributed by atoms with van der Waals surface area (Å²) >= 11 is 0. The van der Waals surface area contributed by atoms with Crippen LogP contribution in [0.15, 0.2) is 42.5 Å². The molecule has 0 heterocycles. The van der Waals surface area contributed by atoms with Crippen LogP contribution in [0.25, 0.3) is 0 Å². The molecule has 0 fully saturated rings. The lowest BCUT2D eigenvalue weighted by atomic mass is 10.1. The summed E-state index contributed by atoms with van der Waals surface area (Å²) in [5, 5.41) is 2.68. The van der Waals surface area contributed by atoms with Gasteiger partial charge < -0.3 is 19.7 Å². The van der Waals surface area contributed by atoms with Crippen LogP contribution < -0.4 is 14.8 Å². The van der Waals surface area contributed by atoms with Gasteiger partial charge in [0, 0.05) is 31.8 Å². The molecule has 0 atom stereocenters. The van der Waals surface area contributed by atoms with Gasteiger partial charge in [-0.2, -0.15) is 0 Å². The van der Waals surface area contributed by atoms with Crippen molar-refractivity contribution < 1.29 is 19.1 Å². The van der Waals surface area contributed by atoms with Crippen molar-refractivity contribution in [1.82, 2.24) is 4.90 Å². The highest BCUT2D eigenvalue weighted by Gasteiger charge is 2.14. The zero-order valence-corrected chi connectivity index (χ0v) is 14.8. The molecule has 0 saturated heterocycles. The van der Waals surface area contributed by atoms with E-state index in [4.69, 9.17) is 9.47 Å². The van der Waals surface area contributed by atoms with Gasteiger partial charge in [-0.15, -0.1) is 0 Å². The third-order valence-corrected chi connectivity index (χ3v) is 3.64. The fourth-order valence-corrected chi connectivity index (χ4v) is 2.48. The minimum Gasteiger partial charge on any atom is -0.493 e. The van der Waals surface area contributed by atoms with Gasteiger partial charge in [-0.3, -0.25) is 9.59 Å². The number of nitrogens with zero attached hydrogens (tertiary/aromatic N) is 1. The summed E-state index contributed by atoms with van der Waals surface area (Å²) in [5.41, 5.74) is 2.03. The predicted octanol–water partition coefficient (Wildman–Crippen LogP) is 2.93. The van der Waals surface area contributed by atoms with Crippen LogP contribution in [-0.2, 0) is 11.3 Å². The molecule has 2 amide bonds. The molecular formula is C19H22N2O4. The Morgan fingerprint density at radius 1 is 1.04 bits per heavy atom. The summed E-state index contributed by atoms with van der Waals surface area (Å²) in [6, 6.07) is 12.4. The Morgan fingerprint density at radius 3 is 2.40 bits per heavy atom. The van der Waals surface area contributed by atoms with Crippen molar-refractivity contribution >= 4 is 17.5 Å². The van der Waals surface area contributed by atoms with Gasteiger partial charge in [0.25, 0.3) is 5.91 Å². The first-order valence-corrected chi connectivity index (χ1v) is 7.78. The standard InChI is InChI=1S/C19H22N2O4/c1-13(22)20-16-7-5-6-15(11-16)19(23)21(2)12-14-8-9-17(24-3)18(10-14)25-4/h5-11H,12H2,1-4H3,(H,20,22). The van der Waals surface area contributed by atoms with Crippen LogP contribution in [-0.4, -0.2) is 38.0 Å². The monoisotopic (exact) mass is 342 g/mol. The summed E-state index contributed by atoms with van der Waals surface area (Å²) in [5.74, 6) is 0.946. The Hall–Kier alpha value is -3.02. The second kappa shape index (κ2) is 8.19. The largest absolute Gasteiger partial charge is 0.493 e. The number of benzene rings is 2. The zero-order chi connectivity index (χ0) is 18.4. The van der Waals surface area contributed by atoms with Gasteiger partial charge >= 0.3 is 0 Å². The normalized spacial score (nSPS) is 10.1. The smallest absolute Gasteiger partial charge is 0.253 e. The van der Waals surface area contributed by atoms with E-state index < -0.39 is 0 Å². The van der Waals surface area contributed by atoms with Gasteiger partial charge in [-0.05, 0) is 35.9 Å². The third kappa shape index (κ3) is 4.73. The van der Waals surface area contributed by atoms with Crippen LogP contribution in [0.4, 0.5) is 5.69 Å². The lowest BCUT2D eigenvalue weighted by Gasteiger charge is -2.19. The van der Waals surface area contributed by atoms with Crippen LogP contribution in [0.5, 0.6) is 11.5 Å². The summed E-state index contributed by atoms with van der Waals surface area (Å²) in [6.07, 6.45) is 0. The number of rotatable bonds is 6. The molecule has 0 spiro atoms. The molecule has 1 N–H and O–H groups in total. The van der Waals surface area contributed by atoms with E-state index in [-0.39, 0.29) is 11.8 Å². The molecular weight excluding hydrogens is 320 g/mol. The number of nitrogens with one attached hydrogen (secondary N) is 1. The van der Waals surface area contributed by atoms with E-state index in [0.717, 1.165) is 5.56 Å². The Balaban J connectivity index is 2.14. The van der Waals surface area contributed by atoms with Crippen molar-refractivity contribution in [3.05, 3.63) is 53.6 Å². The van der Waals surface area contributed by atoms with E-state index in [1.54, 1.807) is 50.4 Å². The average Bonchev–Trinajstić information content (AvgIpc) is 2.60. The Labute approximate surface area is 147 Å². The molecule has 0 bridgehead atoms. The molecule has 6 heteroatoms. The van der Waals surface area contributed by atoms with Crippen molar-refractivity contribution in [2.75, 3.05) is 26.6 Å². The lowest BCUT2D eigenvalue weighted by Crippen LogP contribution is -2.26. The van der Waals surface area contributed by atoms with Gasteiger partial charge in [-0.25, -0.2) is 0 Å². The SMILES string of the molecule is COc1ccc(CN(C)C(=O)c2cccc(NC(C)=O)c2)cc1OC. The van der Waals surface area contributed by atoms with Crippen molar-refractivity contribution in [1.29, 1.82) is 0 Å². The topological polar surface area (TPSA) is 67.9 Å². The van der Waals surface area contributed by atoms with Gasteiger partial charge in [0.1, 0.15) is 0 Å². The molecule has 0 aliphatic carbocycles. The minimum absolute atomic E-state index is 0.137. The molecule has 132 valence electrons. The van der Waals surface area contributed by atoms with Crippen LogP contribution in [0, 0.1) is 0 Å². The highest BCUT2D eigenvalue weighted by molar-refractivity contribution is 5.96. The second-order valence-corrected chi connectivity index (χ2v) is 5.61. The van der Waals surface area contributed by atoms with Crippen LogP contribution in [0.2, 0.25) is 0 Å². The maximum absolute atomic E-state index is 12.6. The molecule has 0 aliphatic heterocycles. The van der Waals surface area contributed by atoms with Crippen molar-refractivity contribution in [3.63, 3.8) is 0 Å². The summed E-state index contributed by atoms with van der Waals surface area (Å²) in [6.45, 7) is 1.85. The Morgan fingerprint density at radius 2 is 1.76 bits per heavy atom. The van der Waals surface area contributed by atoms with Gasteiger partial charge in [-0.1, -0.05) is 12.1 Å². The third-order valence-electron chi connectivity index (χ3n) is 3.64. The molecule has 0 aliphatic rings. The zero-order valence-electron chi connectivity index (χ0n) is 14.8. The fraction of sp³-hybridized carbons (Fsp3) is 0.263. The number of amides is 2. The molecule has 2 aromatic rings. The number of hydrogen-bond acceptors (Lipinski definition) is 4. The number of carbonyl (C=O) groups is 2. The molecule has 25 heavy (non-hydrogen) atoms. The summed E-state index contributed by atoms with van der Waals surface area (Å²) < 4.78 is 10.5. The number of carbonyl (C=O) groups excluding carboxylic acids is 2. The second-order valence-electron chi connectivity index (χ2n) is 5.61. The van der Waals surface area contributed by atoms with E-state index in [1.165, 1.54) is 6.92 Å². The van der Waals surface area contributed by atoms with E-state index in [1.807, 2.05) is 18.2 Å². The highest BCUT2D eigenvalue weighted by Crippen LogP contribution is 2.28. The lowest BCUT2D eigenvalue weighted by molar-refractivity contribution is -0.114. The van der Waals surface area contributed by atoms with Crippen molar-refractivity contribution in [2.45, 2.75) is 13.5 Å². The van der Waals surface area contributed by atoms with Crippen LogP contribution in [0.3, 0.4) is 0 Å². The molecule has 2 rings (SSSR count). The van der Waals surface area contributed by atoms with E-state index in [0.29, 0.717) is 29.3 Å². The minimum atomic E-state index is -0.178. The maximum Gasteiger partial charge on any atom is 0.253 e. The van der Waals surface area contributed by atoms with Gasteiger partial charge in [0.05, 0.1) is 14.2 Å². The van der Waals surface area contributed by atoms with Crippen LogP contribution >= 0.6 is 0 Å². The van der Waals surface area contributed by atoms with Gasteiger partial charge in [0.15, 0.2) is 11.5 Å². The summed E-state index contributed by atoms with van der Waals surface area (Å²) in [7, 11) is 4.88. The first kappa shape index (κ1) is 18.3. The molecule has 2 aromatic carbocycles. The predicted molar refractivity (Wildman–Crippen MR) is 96.1 cm³/mol. The van der Waals surface area contributed by atoms with E-state index in [2.05, 4.69) is 5.32 Å². The Kier molecular flexibility index (Phi) is 6.00. The van der Waals surface area contributed by atoms with Gasteiger partial charge in [0.2, 0.25) is 5.91 Å². The quantitative estimate of drug-likeness (QED) is 0.876. The molecule has 0 aromatic heterocycles.